The number of benzene rings is 3. The Labute approximate surface area is 224 Å². The summed E-state index contributed by atoms with van der Waals surface area (Å²) in [6.45, 7) is 6.89. The molecule has 0 saturated carbocycles. The van der Waals surface area contributed by atoms with Crippen LogP contribution in [-0.4, -0.2) is 29.3 Å². The van der Waals surface area contributed by atoms with Gasteiger partial charge in [-0.05, 0) is 48.1 Å². The summed E-state index contributed by atoms with van der Waals surface area (Å²) < 4.78 is 0. The van der Waals surface area contributed by atoms with Gasteiger partial charge >= 0.3 is 0 Å². The molecule has 0 radical (unpaired) electrons. The number of aryl methyl sites for hydroxylation is 2. The van der Waals surface area contributed by atoms with E-state index in [1.807, 2.05) is 81.4 Å². The predicted molar refractivity (Wildman–Crippen MR) is 148 cm³/mol. The van der Waals surface area contributed by atoms with E-state index in [1.54, 1.807) is 17.0 Å². The van der Waals surface area contributed by atoms with E-state index in [0.717, 1.165) is 16.7 Å². The maximum Gasteiger partial charge on any atom is 0.243 e. The number of nitrogens with one attached hydrogen (secondary N) is 1. The van der Waals surface area contributed by atoms with Crippen LogP contribution in [-0.2, 0) is 29.0 Å². The Balaban J connectivity index is 1.92. The highest BCUT2D eigenvalue weighted by Crippen LogP contribution is 2.25. The number of hydrogen-bond donors (Lipinski definition) is 1. The van der Waals surface area contributed by atoms with Crippen LogP contribution in [0.25, 0.3) is 0 Å². The number of hydrogen-bond acceptors (Lipinski definition) is 2. The summed E-state index contributed by atoms with van der Waals surface area (Å²) >= 11 is 12.6. The van der Waals surface area contributed by atoms with Crippen LogP contribution >= 0.6 is 23.2 Å². The minimum atomic E-state index is -0.677. The van der Waals surface area contributed by atoms with Crippen LogP contribution < -0.4 is 5.32 Å². The highest BCUT2D eigenvalue weighted by Gasteiger charge is 2.30. The van der Waals surface area contributed by atoms with E-state index < -0.39 is 6.04 Å². The lowest BCUT2D eigenvalue weighted by Crippen LogP contribution is -2.51. The molecule has 0 unspecified atom stereocenters. The monoisotopic (exact) mass is 524 g/mol. The van der Waals surface area contributed by atoms with Gasteiger partial charge in [0.2, 0.25) is 11.8 Å². The van der Waals surface area contributed by atoms with E-state index in [2.05, 4.69) is 5.32 Å². The summed E-state index contributed by atoms with van der Waals surface area (Å²) in [5.41, 5.74) is 4.00. The average Bonchev–Trinajstić information content (AvgIpc) is 2.86. The fourth-order valence-electron chi connectivity index (χ4n) is 3.96. The van der Waals surface area contributed by atoms with Gasteiger partial charge in [0.15, 0.2) is 0 Å². The molecule has 0 aliphatic rings. The van der Waals surface area contributed by atoms with Crippen molar-refractivity contribution in [1.82, 2.24) is 10.2 Å². The molecule has 2 amide bonds. The largest absolute Gasteiger partial charge is 0.354 e. The lowest BCUT2D eigenvalue weighted by atomic mass is 10.0. The highest BCUT2D eigenvalue weighted by molar-refractivity contribution is 6.35. The first-order chi connectivity index (χ1) is 17.2. The van der Waals surface area contributed by atoms with Crippen molar-refractivity contribution >= 4 is 35.0 Å². The van der Waals surface area contributed by atoms with Gasteiger partial charge in [0.1, 0.15) is 6.04 Å². The maximum absolute atomic E-state index is 13.7. The zero-order chi connectivity index (χ0) is 26.1. The van der Waals surface area contributed by atoms with E-state index in [1.165, 1.54) is 5.56 Å². The molecule has 190 valence electrons. The lowest BCUT2D eigenvalue weighted by molar-refractivity contribution is -0.141. The number of nitrogens with zero attached hydrogens (tertiary/aromatic N) is 1. The highest BCUT2D eigenvalue weighted by atomic mass is 35.5. The molecule has 0 aliphatic carbocycles. The molecular formula is C30H34Cl2N2O2. The van der Waals surface area contributed by atoms with E-state index in [4.69, 9.17) is 23.2 Å². The normalized spacial score (nSPS) is 11.8. The van der Waals surface area contributed by atoms with Gasteiger partial charge in [-0.25, -0.2) is 0 Å². The molecule has 3 aromatic rings. The first-order valence-electron chi connectivity index (χ1n) is 12.3. The molecule has 0 bridgehead atoms. The molecule has 0 spiro atoms. The average molecular weight is 526 g/mol. The molecule has 4 nitrogen and oxygen atoms in total. The van der Waals surface area contributed by atoms with E-state index in [-0.39, 0.29) is 24.8 Å². The van der Waals surface area contributed by atoms with Gasteiger partial charge in [0.05, 0.1) is 0 Å². The third-order valence-corrected chi connectivity index (χ3v) is 6.65. The van der Waals surface area contributed by atoms with Crippen molar-refractivity contribution in [2.45, 2.75) is 52.6 Å². The molecule has 3 aromatic carbocycles. The van der Waals surface area contributed by atoms with Gasteiger partial charge in [-0.2, -0.15) is 0 Å². The van der Waals surface area contributed by atoms with Gasteiger partial charge < -0.3 is 10.2 Å². The summed E-state index contributed by atoms with van der Waals surface area (Å²) in [6.07, 6.45) is 1.29. The smallest absolute Gasteiger partial charge is 0.243 e. The van der Waals surface area contributed by atoms with Gasteiger partial charge in [0, 0.05) is 36.0 Å². The quantitative estimate of drug-likeness (QED) is 0.305. The second kappa shape index (κ2) is 13.5. The molecule has 1 N–H and O–H groups in total. The number of halogens is 2. The van der Waals surface area contributed by atoms with Crippen molar-refractivity contribution in [1.29, 1.82) is 0 Å². The minimum absolute atomic E-state index is 0.0952. The second-order valence-corrected chi connectivity index (χ2v) is 10.4. The van der Waals surface area contributed by atoms with Crippen LogP contribution in [0.4, 0.5) is 0 Å². The molecule has 0 aliphatic heterocycles. The van der Waals surface area contributed by atoms with Crippen LogP contribution in [0.15, 0.2) is 72.8 Å². The van der Waals surface area contributed by atoms with Crippen LogP contribution in [0, 0.1) is 12.8 Å². The van der Waals surface area contributed by atoms with Crippen molar-refractivity contribution in [3.05, 3.63) is 105 Å². The summed E-state index contributed by atoms with van der Waals surface area (Å²) in [5, 5.41) is 4.04. The minimum Gasteiger partial charge on any atom is -0.354 e. The third kappa shape index (κ3) is 8.39. The summed E-state index contributed by atoms with van der Waals surface area (Å²) in [6, 6.07) is 22.5. The first kappa shape index (κ1) is 27.8. The fraction of sp³-hybridized carbons (Fsp3) is 0.333. The second-order valence-electron chi connectivity index (χ2n) is 9.59. The topological polar surface area (TPSA) is 49.4 Å². The van der Waals surface area contributed by atoms with Crippen molar-refractivity contribution < 1.29 is 9.59 Å². The van der Waals surface area contributed by atoms with Crippen molar-refractivity contribution in [2.24, 2.45) is 5.92 Å². The van der Waals surface area contributed by atoms with Crippen molar-refractivity contribution in [2.75, 3.05) is 6.54 Å². The Morgan fingerprint density at radius 3 is 2.25 bits per heavy atom. The van der Waals surface area contributed by atoms with Crippen molar-refractivity contribution in [3.63, 3.8) is 0 Å². The number of amides is 2. The summed E-state index contributed by atoms with van der Waals surface area (Å²) in [7, 11) is 0. The van der Waals surface area contributed by atoms with Crippen LogP contribution in [0.3, 0.4) is 0 Å². The Kier molecular flexibility index (Phi) is 10.4. The summed E-state index contributed by atoms with van der Waals surface area (Å²) in [5.74, 6) is 0.0336. The Bertz CT molecular complexity index is 1150. The number of carbonyl (C=O) groups excluding carboxylic acids is 2. The zero-order valence-corrected chi connectivity index (χ0v) is 22.6. The first-order valence-corrected chi connectivity index (χ1v) is 13.1. The molecule has 1 atom stereocenters. The number of carbonyl (C=O) groups is 2. The van der Waals surface area contributed by atoms with Gasteiger partial charge in [-0.1, -0.05) is 103 Å². The lowest BCUT2D eigenvalue weighted by Gasteiger charge is -2.32. The van der Waals surface area contributed by atoms with E-state index >= 15 is 0 Å². The Hall–Kier alpha value is -2.82. The molecule has 0 fully saturated rings. The van der Waals surface area contributed by atoms with Gasteiger partial charge in [0.25, 0.3) is 0 Å². The predicted octanol–water partition coefficient (Wildman–Crippen LogP) is 6.65. The van der Waals surface area contributed by atoms with Gasteiger partial charge in [-0.15, -0.1) is 0 Å². The molecule has 36 heavy (non-hydrogen) atoms. The van der Waals surface area contributed by atoms with Crippen molar-refractivity contribution in [3.8, 4) is 0 Å². The summed E-state index contributed by atoms with van der Waals surface area (Å²) in [4.78, 5) is 28.9. The van der Waals surface area contributed by atoms with Crippen LogP contribution in [0.2, 0.25) is 10.0 Å². The zero-order valence-electron chi connectivity index (χ0n) is 21.1. The molecule has 6 heteroatoms. The van der Waals surface area contributed by atoms with Crippen LogP contribution in [0.1, 0.15) is 42.5 Å². The number of rotatable bonds is 11. The maximum atomic E-state index is 13.7. The van der Waals surface area contributed by atoms with Gasteiger partial charge in [-0.3, -0.25) is 9.59 Å². The molecule has 0 saturated heterocycles. The Morgan fingerprint density at radius 2 is 1.61 bits per heavy atom. The molecule has 0 heterocycles. The Morgan fingerprint density at radius 1 is 0.917 bits per heavy atom. The standard InChI is InChI=1S/C30H34Cl2N2O2/c1-21(2)19-33-30(36)28(17-24-7-5-4-6-8-24)34(20-25-14-15-26(31)18-27(25)32)29(35)16-13-23-11-9-22(3)10-12-23/h4-12,14-15,18,21,28H,13,16-17,19-20H2,1-3H3,(H,33,36)/t28-/m1/s1. The van der Waals surface area contributed by atoms with E-state index in [9.17, 15) is 9.59 Å². The molecule has 3 rings (SSSR count). The fourth-order valence-corrected chi connectivity index (χ4v) is 4.43. The van der Waals surface area contributed by atoms with E-state index in [0.29, 0.717) is 35.3 Å². The van der Waals surface area contributed by atoms with Crippen LogP contribution in [0.5, 0.6) is 0 Å². The third-order valence-electron chi connectivity index (χ3n) is 6.06. The molecular weight excluding hydrogens is 491 g/mol. The SMILES string of the molecule is Cc1ccc(CCC(=O)N(Cc2ccc(Cl)cc2Cl)[C@H](Cc2ccccc2)C(=O)NCC(C)C)cc1. The molecule has 0 aromatic heterocycles.